The molecule has 3 rings (SSSR count). The van der Waals surface area contributed by atoms with Gasteiger partial charge in [0.15, 0.2) is 11.5 Å². The number of hydrogen-bond donors (Lipinski definition) is 1. The molecule has 4 nitrogen and oxygen atoms in total. The van der Waals surface area contributed by atoms with Crippen LogP contribution < -0.4 is 4.74 Å². The molecule has 0 bridgehead atoms. The Morgan fingerprint density at radius 3 is 2.65 bits per heavy atom. The van der Waals surface area contributed by atoms with E-state index in [1.165, 1.54) is 7.11 Å². The van der Waals surface area contributed by atoms with Crippen LogP contribution in [0.3, 0.4) is 0 Å². The topological polar surface area (TPSA) is 55.8 Å². The molecule has 1 aliphatic heterocycles. The molecule has 0 aromatic heterocycles. The van der Waals surface area contributed by atoms with Gasteiger partial charge in [0.2, 0.25) is 0 Å². The number of methoxy groups -OCH3 is 1. The van der Waals surface area contributed by atoms with Crippen molar-refractivity contribution in [3.8, 4) is 11.5 Å². The highest BCUT2D eigenvalue weighted by atomic mass is 16.5. The quantitative estimate of drug-likeness (QED) is 0.862. The summed E-state index contributed by atoms with van der Waals surface area (Å²) < 4.78 is 10.4. The van der Waals surface area contributed by atoms with Crippen LogP contribution in [0, 0.1) is 11.8 Å². The van der Waals surface area contributed by atoms with E-state index in [0.717, 1.165) is 17.5 Å². The summed E-state index contributed by atoms with van der Waals surface area (Å²) in [4.78, 5) is 12.1. The zero-order valence-corrected chi connectivity index (χ0v) is 13.1. The maximum Gasteiger partial charge on any atom is 0.309 e. The number of esters is 1. The SMILES string of the molecule is COc1cc(CC2COC(=O)C2Cc2ccccc2)ccc1O. The molecule has 2 atom stereocenters. The molecule has 0 aliphatic carbocycles. The number of aromatic hydroxyl groups is 1. The van der Waals surface area contributed by atoms with Crippen LogP contribution in [-0.2, 0) is 22.4 Å². The molecule has 0 saturated carbocycles. The number of rotatable bonds is 5. The number of hydrogen-bond acceptors (Lipinski definition) is 4. The van der Waals surface area contributed by atoms with Gasteiger partial charge in [-0.1, -0.05) is 36.4 Å². The summed E-state index contributed by atoms with van der Waals surface area (Å²) in [6.07, 6.45) is 1.42. The van der Waals surface area contributed by atoms with Crippen molar-refractivity contribution in [2.45, 2.75) is 12.8 Å². The fourth-order valence-corrected chi connectivity index (χ4v) is 3.08. The molecular formula is C19H20O4. The Hall–Kier alpha value is -2.49. The van der Waals surface area contributed by atoms with Gasteiger partial charge >= 0.3 is 5.97 Å². The van der Waals surface area contributed by atoms with Crippen molar-refractivity contribution >= 4 is 5.97 Å². The highest BCUT2D eigenvalue weighted by Crippen LogP contribution is 2.32. The summed E-state index contributed by atoms with van der Waals surface area (Å²) in [5, 5.41) is 9.68. The van der Waals surface area contributed by atoms with Gasteiger partial charge in [0.05, 0.1) is 19.6 Å². The number of phenolic OH excluding ortho intramolecular Hbond substituents is 1. The van der Waals surface area contributed by atoms with E-state index in [2.05, 4.69) is 0 Å². The number of carbonyl (C=O) groups is 1. The van der Waals surface area contributed by atoms with Gasteiger partial charge in [0.1, 0.15) is 0 Å². The van der Waals surface area contributed by atoms with Gasteiger partial charge in [-0.05, 0) is 36.1 Å². The monoisotopic (exact) mass is 312 g/mol. The van der Waals surface area contributed by atoms with Gasteiger partial charge in [-0.25, -0.2) is 0 Å². The normalized spacial score (nSPS) is 20.3. The molecule has 1 aliphatic rings. The van der Waals surface area contributed by atoms with Crippen LogP contribution in [0.15, 0.2) is 48.5 Å². The third kappa shape index (κ3) is 3.47. The zero-order valence-electron chi connectivity index (χ0n) is 13.1. The van der Waals surface area contributed by atoms with E-state index < -0.39 is 0 Å². The van der Waals surface area contributed by atoms with Crippen molar-refractivity contribution in [1.82, 2.24) is 0 Å². The summed E-state index contributed by atoms with van der Waals surface area (Å²) in [5.74, 6) is 0.460. The van der Waals surface area contributed by atoms with Gasteiger partial charge in [-0.15, -0.1) is 0 Å². The van der Waals surface area contributed by atoms with Gasteiger partial charge in [-0.2, -0.15) is 0 Å². The molecule has 4 heteroatoms. The molecule has 23 heavy (non-hydrogen) atoms. The number of benzene rings is 2. The maximum atomic E-state index is 12.1. The summed E-state index contributed by atoms with van der Waals surface area (Å²) in [7, 11) is 1.53. The molecule has 0 spiro atoms. The van der Waals surface area contributed by atoms with E-state index in [1.54, 1.807) is 6.07 Å². The minimum Gasteiger partial charge on any atom is -0.504 e. The fourth-order valence-electron chi connectivity index (χ4n) is 3.08. The number of carbonyl (C=O) groups excluding carboxylic acids is 1. The Morgan fingerprint density at radius 1 is 1.13 bits per heavy atom. The summed E-state index contributed by atoms with van der Waals surface area (Å²) >= 11 is 0. The molecule has 2 aromatic carbocycles. The van der Waals surface area contributed by atoms with Gasteiger partial charge in [-0.3, -0.25) is 4.79 Å². The molecule has 0 radical (unpaired) electrons. The molecule has 1 N–H and O–H groups in total. The van der Waals surface area contributed by atoms with Crippen LogP contribution >= 0.6 is 0 Å². The Labute approximate surface area is 135 Å². The minimum absolute atomic E-state index is 0.121. The first-order valence-corrected chi connectivity index (χ1v) is 7.74. The third-order valence-corrected chi connectivity index (χ3v) is 4.35. The van der Waals surface area contributed by atoms with E-state index in [0.29, 0.717) is 18.8 Å². The van der Waals surface area contributed by atoms with Crippen molar-refractivity contribution in [1.29, 1.82) is 0 Å². The summed E-state index contributed by atoms with van der Waals surface area (Å²) in [6.45, 7) is 0.444. The van der Waals surface area contributed by atoms with E-state index in [9.17, 15) is 9.90 Å². The summed E-state index contributed by atoms with van der Waals surface area (Å²) in [5.41, 5.74) is 2.17. The standard InChI is InChI=1S/C19H20O4/c1-22-18-11-14(7-8-17(18)20)9-15-12-23-19(21)16(15)10-13-5-3-2-4-6-13/h2-8,11,15-16,20H,9-10,12H2,1H3. The zero-order chi connectivity index (χ0) is 16.2. The lowest BCUT2D eigenvalue weighted by Gasteiger charge is -2.16. The number of cyclic esters (lactones) is 1. The lowest BCUT2D eigenvalue weighted by atomic mass is 9.85. The predicted molar refractivity (Wildman–Crippen MR) is 86.4 cm³/mol. The smallest absolute Gasteiger partial charge is 0.309 e. The minimum atomic E-state index is -0.128. The van der Waals surface area contributed by atoms with Crippen LogP contribution in [0.1, 0.15) is 11.1 Å². The summed E-state index contributed by atoms with van der Waals surface area (Å²) in [6, 6.07) is 15.3. The van der Waals surface area contributed by atoms with E-state index in [4.69, 9.17) is 9.47 Å². The van der Waals surface area contributed by atoms with E-state index in [1.807, 2.05) is 42.5 Å². The lowest BCUT2D eigenvalue weighted by molar-refractivity contribution is -0.141. The first-order chi connectivity index (χ1) is 11.2. The Balaban J connectivity index is 1.74. The highest BCUT2D eigenvalue weighted by molar-refractivity contribution is 5.75. The van der Waals surface area contributed by atoms with Crippen LogP contribution in [0.2, 0.25) is 0 Å². The number of ether oxygens (including phenoxy) is 2. The molecule has 2 aromatic rings. The van der Waals surface area contributed by atoms with Crippen LogP contribution in [0.5, 0.6) is 11.5 Å². The third-order valence-electron chi connectivity index (χ3n) is 4.35. The van der Waals surface area contributed by atoms with Crippen molar-refractivity contribution in [2.75, 3.05) is 13.7 Å². The molecule has 2 unspecified atom stereocenters. The van der Waals surface area contributed by atoms with Crippen molar-refractivity contribution in [3.63, 3.8) is 0 Å². The molecule has 120 valence electrons. The Kier molecular flexibility index (Phi) is 4.51. The average Bonchev–Trinajstić information content (AvgIpc) is 2.91. The first-order valence-electron chi connectivity index (χ1n) is 7.74. The Bertz CT molecular complexity index is 681. The van der Waals surface area contributed by atoms with Crippen molar-refractivity contribution in [3.05, 3.63) is 59.7 Å². The van der Waals surface area contributed by atoms with Crippen LogP contribution in [0.4, 0.5) is 0 Å². The maximum absolute atomic E-state index is 12.1. The van der Waals surface area contributed by atoms with Crippen molar-refractivity contribution in [2.24, 2.45) is 11.8 Å². The van der Waals surface area contributed by atoms with E-state index >= 15 is 0 Å². The second-order valence-corrected chi connectivity index (χ2v) is 5.90. The molecular weight excluding hydrogens is 292 g/mol. The van der Waals surface area contributed by atoms with E-state index in [-0.39, 0.29) is 23.6 Å². The predicted octanol–water partition coefficient (Wildman–Crippen LogP) is 2.98. The molecule has 1 heterocycles. The van der Waals surface area contributed by atoms with Crippen LogP contribution in [-0.4, -0.2) is 24.8 Å². The number of phenols is 1. The van der Waals surface area contributed by atoms with Crippen LogP contribution in [0.25, 0.3) is 0 Å². The van der Waals surface area contributed by atoms with Gasteiger partial charge < -0.3 is 14.6 Å². The highest BCUT2D eigenvalue weighted by Gasteiger charge is 2.36. The van der Waals surface area contributed by atoms with Gasteiger partial charge in [0, 0.05) is 5.92 Å². The van der Waals surface area contributed by atoms with Crippen molar-refractivity contribution < 1.29 is 19.4 Å². The fraction of sp³-hybridized carbons (Fsp3) is 0.316. The molecule has 1 fully saturated rings. The van der Waals surface area contributed by atoms with Gasteiger partial charge in [0.25, 0.3) is 0 Å². The second-order valence-electron chi connectivity index (χ2n) is 5.90. The molecule has 1 saturated heterocycles. The molecule has 0 amide bonds. The first kappa shape index (κ1) is 15.4. The Morgan fingerprint density at radius 2 is 1.91 bits per heavy atom. The second kappa shape index (κ2) is 6.73. The average molecular weight is 312 g/mol. The largest absolute Gasteiger partial charge is 0.504 e. The lowest BCUT2D eigenvalue weighted by Crippen LogP contribution is -2.20.